The molecule has 0 saturated carbocycles. The van der Waals surface area contributed by atoms with Crippen molar-refractivity contribution in [3.05, 3.63) is 29.8 Å². The molecule has 0 fully saturated rings. The van der Waals surface area contributed by atoms with Gasteiger partial charge in [0.25, 0.3) is 0 Å². The smallest absolute Gasteiger partial charge is 0.234 e. The molecule has 0 radical (unpaired) electrons. The van der Waals surface area contributed by atoms with Gasteiger partial charge >= 0.3 is 0 Å². The Morgan fingerprint density at radius 3 is 2.56 bits per heavy atom. The van der Waals surface area contributed by atoms with E-state index in [4.69, 9.17) is 10.8 Å². The molecule has 5 heteroatoms. The zero-order valence-corrected chi connectivity index (χ0v) is 8.82. The number of carbonyl (C=O) groups is 1. The second kappa shape index (κ2) is 6.07. The lowest BCUT2D eigenvalue weighted by molar-refractivity contribution is -0.120. The first-order valence-corrected chi connectivity index (χ1v) is 4.99. The van der Waals surface area contributed by atoms with Crippen LogP contribution in [0.1, 0.15) is 5.56 Å². The number of hydrogen-bond acceptors (Lipinski definition) is 3. The normalized spacial score (nSPS) is 12.1. The second-order valence-electron chi connectivity index (χ2n) is 3.49. The van der Waals surface area contributed by atoms with Crippen molar-refractivity contribution in [2.24, 2.45) is 5.73 Å². The molecule has 0 saturated heterocycles. The van der Waals surface area contributed by atoms with Crippen molar-refractivity contribution in [2.75, 3.05) is 13.2 Å². The van der Waals surface area contributed by atoms with Gasteiger partial charge in [0.15, 0.2) is 0 Å². The number of carbonyl (C=O) groups excluding carboxylic acids is 1. The third kappa shape index (κ3) is 3.86. The van der Waals surface area contributed by atoms with Crippen LogP contribution in [0.25, 0.3) is 0 Å². The summed E-state index contributed by atoms with van der Waals surface area (Å²) in [6.07, 6.45) is 0.377. The van der Waals surface area contributed by atoms with E-state index in [0.29, 0.717) is 6.42 Å². The number of phenols is 1. The average molecular weight is 226 g/mol. The van der Waals surface area contributed by atoms with Crippen molar-refractivity contribution < 1.29 is 14.3 Å². The molecule has 1 aromatic rings. The van der Waals surface area contributed by atoms with Crippen molar-refractivity contribution in [3.63, 3.8) is 0 Å². The van der Waals surface area contributed by atoms with Crippen LogP contribution in [0.15, 0.2) is 24.3 Å². The van der Waals surface area contributed by atoms with E-state index in [2.05, 4.69) is 5.32 Å². The number of hydrogen-bond donors (Lipinski definition) is 3. The molecule has 16 heavy (non-hydrogen) atoms. The number of nitrogens with two attached hydrogens (primary N) is 1. The van der Waals surface area contributed by atoms with Gasteiger partial charge < -0.3 is 16.2 Å². The summed E-state index contributed by atoms with van der Waals surface area (Å²) in [5.74, 6) is -0.215. The topological polar surface area (TPSA) is 75.4 Å². The highest BCUT2D eigenvalue weighted by Gasteiger charge is 2.11. The molecule has 1 aromatic carbocycles. The van der Waals surface area contributed by atoms with Crippen LogP contribution in [-0.2, 0) is 11.2 Å². The standard InChI is InChI=1S/C11H15FN2O2/c12-6-9(14-11(16)7-13)5-8-1-3-10(15)4-2-8/h1-4,9,15H,5-7,13H2,(H,14,16). The Hall–Kier alpha value is -1.62. The first kappa shape index (κ1) is 12.4. The molecule has 1 unspecified atom stereocenters. The van der Waals surface area contributed by atoms with E-state index in [0.717, 1.165) is 5.56 Å². The van der Waals surface area contributed by atoms with Gasteiger partial charge in [-0.25, -0.2) is 4.39 Å². The molecule has 0 spiro atoms. The molecule has 1 rings (SSSR count). The molecule has 4 N–H and O–H groups in total. The maximum absolute atomic E-state index is 12.6. The summed E-state index contributed by atoms with van der Waals surface area (Å²) in [4.78, 5) is 11.0. The molecule has 0 heterocycles. The Morgan fingerprint density at radius 1 is 1.44 bits per heavy atom. The Labute approximate surface area is 93.3 Å². The molecule has 0 aliphatic carbocycles. The van der Waals surface area contributed by atoms with Gasteiger partial charge in [-0.05, 0) is 24.1 Å². The van der Waals surface area contributed by atoms with E-state index in [1.54, 1.807) is 12.1 Å². The number of halogens is 1. The van der Waals surface area contributed by atoms with Crippen LogP contribution < -0.4 is 11.1 Å². The van der Waals surface area contributed by atoms with Gasteiger partial charge in [-0.1, -0.05) is 12.1 Å². The zero-order valence-electron chi connectivity index (χ0n) is 8.82. The largest absolute Gasteiger partial charge is 0.508 e. The highest BCUT2D eigenvalue weighted by atomic mass is 19.1. The number of benzene rings is 1. The van der Waals surface area contributed by atoms with Crippen molar-refractivity contribution in [3.8, 4) is 5.75 Å². The summed E-state index contributed by atoms with van der Waals surface area (Å²) in [6, 6.07) is 5.85. The minimum Gasteiger partial charge on any atom is -0.508 e. The van der Waals surface area contributed by atoms with Crippen LogP contribution in [0.2, 0.25) is 0 Å². The van der Waals surface area contributed by atoms with Gasteiger partial charge in [-0.3, -0.25) is 4.79 Å². The van der Waals surface area contributed by atoms with E-state index >= 15 is 0 Å². The predicted molar refractivity (Wildman–Crippen MR) is 58.8 cm³/mol. The van der Waals surface area contributed by atoms with Crippen LogP contribution in [-0.4, -0.2) is 30.3 Å². The zero-order chi connectivity index (χ0) is 12.0. The lowest BCUT2D eigenvalue weighted by atomic mass is 10.1. The lowest BCUT2D eigenvalue weighted by Crippen LogP contribution is -2.41. The average Bonchev–Trinajstić information content (AvgIpc) is 2.30. The number of aromatic hydroxyl groups is 1. The summed E-state index contributed by atoms with van der Waals surface area (Å²) in [6.45, 7) is -0.793. The fourth-order valence-electron chi connectivity index (χ4n) is 1.35. The van der Waals surface area contributed by atoms with Gasteiger partial charge in [-0.15, -0.1) is 0 Å². The summed E-state index contributed by atoms with van der Waals surface area (Å²) in [5, 5.41) is 11.5. The fraction of sp³-hybridized carbons (Fsp3) is 0.364. The predicted octanol–water partition coefficient (Wildman–Crippen LogP) is 0.348. The van der Waals surface area contributed by atoms with E-state index < -0.39 is 12.7 Å². The van der Waals surface area contributed by atoms with Crippen molar-refractivity contribution in [1.82, 2.24) is 5.32 Å². The monoisotopic (exact) mass is 226 g/mol. The van der Waals surface area contributed by atoms with Gasteiger partial charge in [0, 0.05) is 0 Å². The quantitative estimate of drug-likeness (QED) is 0.678. The molecule has 0 aliphatic heterocycles. The molecule has 1 atom stereocenters. The summed E-state index contributed by atoms with van der Waals surface area (Å²) in [5.41, 5.74) is 5.97. The maximum Gasteiger partial charge on any atom is 0.234 e. The molecule has 0 aromatic heterocycles. The Kier molecular flexibility index (Phi) is 4.72. The maximum atomic E-state index is 12.6. The molecule has 88 valence electrons. The van der Waals surface area contributed by atoms with Crippen LogP contribution in [0.3, 0.4) is 0 Å². The van der Waals surface area contributed by atoms with Gasteiger partial charge in [0.2, 0.25) is 5.91 Å². The van der Waals surface area contributed by atoms with Gasteiger partial charge in [0.05, 0.1) is 12.6 Å². The third-order valence-electron chi connectivity index (χ3n) is 2.16. The highest BCUT2D eigenvalue weighted by molar-refractivity contribution is 5.78. The van der Waals surface area contributed by atoms with Gasteiger partial charge in [0.1, 0.15) is 12.4 Å². The minimum absolute atomic E-state index is 0.147. The van der Waals surface area contributed by atoms with E-state index in [1.165, 1.54) is 12.1 Å². The molecule has 4 nitrogen and oxygen atoms in total. The third-order valence-corrected chi connectivity index (χ3v) is 2.16. The summed E-state index contributed by atoms with van der Waals surface area (Å²) in [7, 11) is 0. The lowest BCUT2D eigenvalue weighted by Gasteiger charge is -2.14. The SMILES string of the molecule is NCC(=O)NC(CF)Cc1ccc(O)cc1. The highest BCUT2D eigenvalue weighted by Crippen LogP contribution is 2.11. The van der Waals surface area contributed by atoms with Crippen LogP contribution >= 0.6 is 0 Å². The number of alkyl halides is 1. The Bertz CT molecular complexity index is 340. The second-order valence-corrected chi connectivity index (χ2v) is 3.49. The number of amides is 1. The molecule has 1 amide bonds. The Morgan fingerprint density at radius 2 is 2.06 bits per heavy atom. The number of rotatable bonds is 5. The molecular formula is C11H15FN2O2. The van der Waals surface area contributed by atoms with E-state index in [-0.39, 0.29) is 18.2 Å². The Balaban J connectivity index is 2.56. The van der Waals surface area contributed by atoms with E-state index in [1.807, 2.05) is 0 Å². The molecule has 0 aliphatic rings. The van der Waals surface area contributed by atoms with Crippen molar-refractivity contribution in [2.45, 2.75) is 12.5 Å². The minimum atomic E-state index is -0.646. The number of phenolic OH excluding ortho intramolecular Hbond substituents is 1. The number of nitrogens with one attached hydrogen (secondary N) is 1. The fourth-order valence-corrected chi connectivity index (χ4v) is 1.35. The van der Waals surface area contributed by atoms with E-state index in [9.17, 15) is 9.18 Å². The van der Waals surface area contributed by atoms with Crippen molar-refractivity contribution in [1.29, 1.82) is 0 Å². The first-order chi connectivity index (χ1) is 7.65. The van der Waals surface area contributed by atoms with Crippen LogP contribution in [0.5, 0.6) is 5.75 Å². The van der Waals surface area contributed by atoms with Crippen LogP contribution in [0, 0.1) is 0 Å². The molecule has 0 bridgehead atoms. The summed E-state index contributed by atoms with van der Waals surface area (Å²) < 4.78 is 12.6. The van der Waals surface area contributed by atoms with Crippen molar-refractivity contribution >= 4 is 5.91 Å². The van der Waals surface area contributed by atoms with Gasteiger partial charge in [-0.2, -0.15) is 0 Å². The van der Waals surface area contributed by atoms with Crippen LogP contribution in [0.4, 0.5) is 4.39 Å². The summed E-state index contributed by atoms with van der Waals surface area (Å²) >= 11 is 0. The first-order valence-electron chi connectivity index (χ1n) is 4.99. The molecular weight excluding hydrogens is 211 g/mol.